The summed E-state index contributed by atoms with van der Waals surface area (Å²) in [6, 6.07) is 5.02. The first-order chi connectivity index (χ1) is 8.11. The lowest BCUT2D eigenvalue weighted by atomic mass is 10.2. The minimum Gasteiger partial charge on any atom is -0.482 e. The number of carbonyl (C=O) groups excluding carboxylic acids is 1. The summed E-state index contributed by atoms with van der Waals surface area (Å²) in [5.74, 6) is 0.366. The molecule has 1 aliphatic heterocycles. The smallest absolute Gasteiger partial charge is 0.265 e. The van der Waals surface area contributed by atoms with Crippen LogP contribution in [0.4, 0.5) is 5.69 Å². The van der Waals surface area contributed by atoms with Crippen molar-refractivity contribution in [3.63, 3.8) is 0 Å². The number of nitrogens with zero attached hydrogens (tertiary/aromatic N) is 1. The quantitative estimate of drug-likeness (QED) is 0.820. The van der Waals surface area contributed by atoms with Gasteiger partial charge in [-0.25, -0.2) is 0 Å². The fraction of sp³-hybridized carbons (Fsp3) is 0.364. The number of hydrogen-bond acceptors (Lipinski definition) is 4. The average molecular weight is 257 g/mol. The van der Waals surface area contributed by atoms with Crippen LogP contribution in [0.2, 0.25) is 5.02 Å². The van der Waals surface area contributed by atoms with Crippen molar-refractivity contribution >= 4 is 23.2 Å². The SMILES string of the molecule is NC[C@H](O)CN1C(=O)COc2ccc(Cl)cc21. The van der Waals surface area contributed by atoms with Crippen LogP contribution < -0.4 is 15.4 Å². The zero-order chi connectivity index (χ0) is 12.4. The van der Waals surface area contributed by atoms with Crippen molar-refractivity contribution in [2.75, 3.05) is 24.6 Å². The molecule has 0 saturated heterocycles. The van der Waals surface area contributed by atoms with Crippen molar-refractivity contribution in [3.05, 3.63) is 23.2 Å². The predicted octanol–water partition coefficient (Wildman–Crippen LogP) is 0.385. The lowest BCUT2D eigenvalue weighted by molar-refractivity contribution is -0.121. The molecule has 0 aliphatic carbocycles. The second-order valence-electron chi connectivity index (χ2n) is 3.79. The number of anilines is 1. The first kappa shape index (κ1) is 12.2. The number of fused-ring (bicyclic) bond motifs is 1. The van der Waals surface area contributed by atoms with Gasteiger partial charge in [-0.1, -0.05) is 11.6 Å². The van der Waals surface area contributed by atoms with Crippen LogP contribution in [-0.2, 0) is 4.79 Å². The van der Waals surface area contributed by atoms with Gasteiger partial charge in [0.25, 0.3) is 5.91 Å². The van der Waals surface area contributed by atoms with E-state index in [4.69, 9.17) is 22.1 Å². The number of aliphatic hydroxyl groups excluding tert-OH is 1. The number of benzene rings is 1. The summed E-state index contributed by atoms with van der Waals surface area (Å²) in [4.78, 5) is 13.2. The number of β-amino-alcohol motifs (C(OH)–C–C–N with tert-alkyl or cyclic N) is 1. The third kappa shape index (κ3) is 2.52. The van der Waals surface area contributed by atoms with E-state index in [1.165, 1.54) is 4.90 Å². The molecule has 0 radical (unpaired) electrons. The molecule has 0 unspecified atom stereocenters. The molecule has 1 heterocycles. The lowest BCUT2D eigenvalue weighted by Crippen LogP contribution is -2.44. The number of amides is 1. The Bertz CT molecular complexity index is 439. The van der Waals surface area contributed by atoms with Crippen LogP contribution in [0.25, 0.3) is 0 Å². The van der Waals surface area contributed by atoms with Crippen molar-refractivity contribution in [1.82, 2.24) is 0 Å². The highest BCUT2D eigenvalue weighted by molar-refractivity contribution is 6.31. The van der Waals surface area contributed by atoms with E-state index in [-0.39, 0.29) is 25.6 Å². The van der Waals surface area contributed by atoms with E-state index in [1.54, 1.807) is 18.2 Å². The number of ether oxygens (including phenoxy) is 1. The Kier molecular flexibility index (Phi) is 3.51. The predicted molar refractivity (Wildman–Crippen MR) is 64.4 cm³/mol. The van der Waals surface area contributed by atoms with Gasteiger partial charge in [-0.3, -0.25) is 4.79 Å². The summed E-state index contributed by atoms with van der Waals surface area (Å²) in [7, 11) is 0. The maximum atomic E-state index is 11.7. The van der Waals surface area contributed by atoms with Crippen molar-refractivity contribution in [1.29, 1.82) is 0 Å². The van der Waals surface area contributed by atoms with E-state index in [0.29, 0.717) is 16.5 Å². The Morgan fingerprint density at radius 3 is 3.06 bits per heavy atom. The van der Waals surface area contributed by atoms with Gasteiger partial charge in [0.1, 0.15) is 5.75 Å². The number of carbonyl (C=O) groups is 1. The van der Waals surface area contributed by atoms with Crippen LogP contribution in [0.3, 0.4) is 0 Å². The van der Waals surface area contributed by atoms with Gasteiger partial charge in [0.2, 0.25) is 0 Å². The van der Waals surface area contributed by atoms with E-state index in [1.807, 2.05) is 0 Å². The van der Waals surface area contributed by atoms with Crippen molar-refractivity contribution in [2.45, 2.75) is 6.10 Å². The molecule has 1 amide bonds. The summed E-state index contributed by atoms with van der Waals surface area (Å²) in [6.45, 7) is 0.207. The fourth-order valence-electron chi connectivity index (χ4n) is 1.66. The molecule has 1 aromatic rings. The average Bonchev–Trinajstić information content (AvgIpc) is 2.32. The summed E-state index contributed by atoms with van der Waals surface area (Å²) < 4.78 is 5.27. The number of halogens is 1. The van der Waals surface area contributed by atoms with Crippen molar-refractivity contribution in [2.24, 2.45) is 5.73 Å². The Balaban J connectivity index is 2.32. The molecule has 0 fully saturated rings. The van der Waals surface area contributed by atoms with Crippen LogP contribution in [0, 0.1) is 0 Å². The molecule has 0 saturated carbocycles. The van der Waals surface area contributed by atoms with Crippen LogP contribution in [0.5, 0.6) is 5.75 Å². The van der Waals surface area contributed by atoms with Gasteiger partial charge in [-0.2, -0.15) is 0 Å². The van der Waals surface area contributed by atoms with Crippen molar-refractivity contribution < 1.29 is 14.6 Å². The van der Waals surface area contributed by atoms with Crippen LogP contribution in [-0.4, -0.2) is 36.8 Å². The molecule has 1 atom stereocenters. The monoisotopic (exact) mass is 256 g/mol. The minimum absolute atomic E-state index is 0.0358. The van der Waals surface area contributed by atoms with E-state index in [2.05, 4.69) is 0 Å². The van der Waals surface area contributed by atoms with Gasteiger partial charge < -0.3 is 20.5 Å². The summed E-state index contributed by atoms with van der Waals surface area (Å²) in [5.41, 5.74) is 5.91. The van der Waals surface area contributed by atoms with Gasteiger partial charge in [0, 0.05) is 11.6 Å². The summed E-state index contributed by atoms with van der Waals surface area (Å²) in [6.07, 6.45) is -0.760. The first-order valence-electron chi connectivity index (χ1n) is 5.22. The maximum absolute atomic E-state index is 11.7. The van der Waals surface area contributed by atoms with Gasteiger partial charge >= 0.3 is 0 Å². The molecule has 3 N–H and O–H groups in total. The largest absolute Gasteiger partial charge is 0.482 e. The maximum Gasteiger partial charge on any atom is 0.265 e. The number of aliphatic hydroxyl groups is 1. The number of rotatable bonds is 3. The fourth-order valence-corrected chi connectivity index (χ4v) is 1.83. The van der Waals surface area contributed by atoms with E-state index >= 15 is 0 Å². The Hall–Kier alpha value is -1.30. The topological polar surface area (TPSA) is 75.8 Å². The lowest BCUT2D eigenvalue weighted by Gasteiger charge is -2.30. The Morgan fingerprint density at radius 2 is 2.35 bits per heavy atom. The summed E-state index contributed by atoms with van der Waals surface area (Å²) in [5, 5.41) is 10.0. The van der Waals surface area contributed by atoms with E-state index in [9.17, 15) is 9.90 Å². The zero-order valence-corrected chi connectivity index (χ0v) is 9.85. The third-order valence-corrected chi connectivity index (χ3v) is 2.76. The summed E-state index contributed by atoms with van der Waals surface area (Å²) >= 11 is 5.88. The molecular weight excluding hydrogens is 244 g/mol. The highest BCUT2D eigenvalue weighted by Crippen LogP contribution is 2.34. The molecule has 0 aromatic heterocycles. The number of hydrogen-bond donors (Lipinski definition) is 2. The second kappa shape index (κ2) is 4.91. The normalized spacial score (nSPS) is 16.4. The highest BCUT2D eigenvalue weighted by Gasteiger charge is 2.27. The molecule has 0 spiro atoms. The van der Waals surface area contributed by atoms with Crippen LogP contribution in [0.1, 0.15) is 0 Å². The van der Waals surface area contributed by atoms with E-state index < -0.39 is 6.10 Å². The zero-order valence-electron chi connectivity index (χ0n) is 9.10. The molecule has 17 heavy (non-hydrogen) atoms. The van der Waals surface area contributed by atoms with Gasteiger partial charge in [0.15, 0.2) is 6.61 Å². The molecule has 1 aliphatic rings. The van der Waals surface area contributed by atoms with Crippen LogP contribution in [0.15, 0.2) is 18.2 Å². The van der Waals surface area contributed by atoms with Crippen LogP contribution >= 0.6 is 11.6 Å². The Labute approximate surface area is 104 Å². The van der Waals surface area contributed by atoms with E-state index in [0.717, 1.165) is 0 Å². The highest BCUT2D eigenvalue weighted by atomic mass is 35.5. The molecule has 1 aromatic carbocycles. The van der Waals surface area contributed by atoms with Gasteiger partial charge in [-0.15, -0.1) is 0 Å². The number of nitrogens with two attached hydrogens (primary N) is 1. The minimum atomic E-state index is -0.760. The molecule has 5 nitrogen and oxygen atoms in total. The third-order valence-electron chi connectivity index (χ3n) is 2.53. The first-order valence-corrected chi connectivity index (χ1v) is 5.60. The molecule has 92 valence electrons. The Morgan fingerprint density at radius 1 is 1.59 bits per heavy atom. The van der Waals surface area contributed by atoms with Gasteiger partial charge in [0.05, 0.1) is 18.3 Å². The molecular formula is C11H13ClN2O3. The molecule has 0 bridgehead atoms. The standard InChI is InChI=1S/C11H13ClN2O3/c12-7-1-2-10-9(3-7)14(5-8(15)4-13)11(16)6-17-10/h1-3,8,15H,4-6,13H2/t8-/m0/s1. The molecule has 6 heteroatoms. The second-order valence-corrected chi connectivity index (χ2v) is 4.23. The van der Waals surface area contributed by atoms with Gasteiger partial charge in [-0.05, 0) is 18.2 Å². The molecule has 2 rings (SSSR count). The van der Waals surface area contributed by atoms with Crippen molar-refractivity contribution in [3.8, 4) is 5.75 Å².